The van der Waals surface area contributed by atoms with Gasteiger partial charge >= 0.3 is 5.97 Å². The number of alkyl halides is 1. The maximum absolute atomic E-state index is 12.8. The second kappa shape index (κ2) is 8.41. The van der Waals surface area contributed by atoms with Crippen LogP contribution >= 0.6 is 15.9 Å². The van der Waals surface area contributed by atoms with Gasteiger partial charge in [0.25, 0.3) is 0 Å². The first-order chi connectivity index (χ1) is 12.2. The molecule has 5 nitrogen and oxygen atoms in total. The standard InChI is InChI=1S/C19H26BrNO4/c1-3-5-15-18(19(22)23-4-2)14(11-21(15)9-8-20)13-6-7-16-17(10-13)25-12-24-16/h6-7,10,14-15,18H,3-5,8-9,11-12H2,1-2H3. The Bertz CT molecular complexity index is 609. The molecule has 0 bridgehead atoms. The molecule has 25 heavy (non-hydrogen) atoms. The lowest BCUT2D eigenvalue weighted by Gasteiger charge is -2.26. The Hall–Kier alpha value is -1.27. The minimum atomic E-state index is -0.140. The molecule has 1 fully saturated rings. The van der Waals surface area contributed by atoms with Crippen molar-refractivity contribution in [3.63, 3.8) is 0 Å². The number of benzene rings is 1. The van der Waals surface area contributed by atoms with Gasteiger partial charge in [-0.2, -0.15) is 0 Å². The smallest absolute Gasteiger partial charge is 0.311 e. The van der Waals surface area contributed by atoms with Crippen molar-refractivity contribution >= 4 is 21.9 Å². The maximum atomic E-state index is 12.8. The molecule has 0 spiro atoms. The first-order valence-electron chi connectivity index (χ1n) is 9.05. The number of carbonyl (C=O) groups is 1. The Balaban J connectivity index is 1.92. The van der Waals surface area contributed by atoms with Gasteiger partial charge in [0.05, 0.1) is 12.5 Å². The second-order valence-corrected chi connectivity index (χ2v) is 7.33. The van der Waals surface area contributed by atoms with Gasteiger partial charge in [0.15, 0.2) is 11.5 Å². The average Bonchev–Trinajstić information content (AvgIpc) is 3.20. The first-order valence-corrected chi connectivity index (χ1v) is 10.2. The fourth-order valence-corrected chi connectivity index (χ4v) is 4.49. The third-order valence-electron chi connectivity index (χ3n) is 5.09. The molecular weight excluding hydrogens is 386 g/mol. The number of rotatable bonds is 7. The van der Waals surface area contributed by atoms with E-state index in [0.29, 0.717) is 6.61 Å². The predicted octanol–water partition coefficient (Wildman–Crippen LogP) is 3.56. The van der Waals surface area contributed by atoms with Gasteiger partial charge in [-0.15, -0.1) is 0 Å². The number of fused-ring (bicyclic) bond motifs is 1. The van der Waals surface area contributed by atoms with Crippen LogP contribution in [0, 0.1) is 5.92 Å². The number of hydrogen-bond acceptors (Lipinski definition) is 5. The molecule has 0 saturated carbocycles. The van der Waals surface area contributed by atoms with Crippen LogP contribution in [-0.2, 0) is 9.53 Å². The molecule has 3 atom stereocenters. The highest BCUT2D eigenvalue weighted by atomic mass is 79.9. The molecule has 2 aliphatic rings. The highest BCUT2D eigenvalue weighted by molar-refractivity contribution is 9.09. The van der Waals surface area contributed by atoms with E-state index in [-0.39, 0.29) is 30.6 Å². The molecule has 6 heteroatoms. The molecule has 1 saturated heterocycles. The maximum Gasteiger partial charge on any atom is 0.311 e. The lowest BCUT2D eigenvalue weighted by Crippen LogP contribution is -2.37. The van der Waals surface area contributed by atoms with E-state index in [0.717, 1.165) is 48.3 Å². The van der Waals surface area contributed by atoms with Crippen LogP contribution < -0.4 is 9.47 Å². The quantitative estimate of drug-likeness (QED) is 0.506. The molecule has 0 N–H and O–H groups in total. The molecule has 138 valence electrons. The molecule has 3 unspecified atom stereocenters. The van der Waals surface area contributed by atoms with Crippen LogP contribution in [0.1, 0.15) is 38.2 Å². The number of ether oxygens (including phenoxy) is 3. The fraction of sp³-hybridized carbons (Fsp3) is 0.632. The van der Waals surface area contributed by atoms with E-state index in [2.05, 4.69) is 33.8 Å². The molecule has 0 aromatic heterocycles. The molecule has 2 heterocycles. The Morgan fingerprint density at radius 3 is 2.84 bits per heavy atom. The largest absolute Gasteiger partial charge is 0.466 e. The van der Waals surface area contributed by atoms with E-state index in [1.807, 2.05) is 19.1 Å². The van der Waals surface area contributed by atoms with Crippen LogP contribution in [0.15, 0.2) is 18.2 Å². The number of likely N-dealkylation sites (tertiary alicyclic amines) is 1. The van der Waals surface area contributed by atoms with Crippen molar-refractivity contribution in [1.82, 2.24) is 4.90 Å². The number of esters is 1. The Morgan fingerprint density at radius 2 is 2.12 bits per heavy atom. The fourth-order valence-electron chi connectivity index (χ4n) is 4.04. The zero-order chi connectivity index (χ0) is 17.8. The summed E-state index contributed by atoms with van der Waals surface area (Å²) in [6.45, 7) is 6.51. The molecule has 1 aromatic carbocycles. The van der Waals surface area contributed by atoms with Gasteiger partial charge in [0.2, 0.25) is 6.79 Å². The topological polar surface area (TPSA) is 48.0 Å². The number of hydrogen-bond donors (Lipinski definition) is 0. The van der Waals surface area contributed by atoms with E-state index < -0.39 is 0 Å². The Kier molecular flexibility index (Phi) is 6.23. The summed E-state index contributed by atoms with van der Waals surface area (Å²) < 4.78 is 16.4. The van der Waals surface area contributed by atoms with Gasteiger partial charge in [-0.1, -0.05) is 35.3 Å². The van der Waals surface area contributed by atoms with Gasteiger partial charge in [0, 0.05) is 30.4 Å². The summed E-state index contributed by atoms with van der Waals surface area (Å²) in [4.78, 5) is 15.2. The highest BCUT2D eigenvalue weighted by Crippen LogP contribution is 2.43. The van der Waals surface area contributed by atoms with Gasteiger partial charge in [0.1, 0.15) is 0 Å². The van der Waals surface area contributed by atoms with E-state index in [1.165, 1.54) is 0 Å². The van der Waals surface area contributed by atoms with Crippen LogP contribution in [0.4, 0.5) is 0 Å². The minimum Gasteiger partial charge on any atom is -0.466 e. The molecule has 2 aliphatic heterocycles. The molecule has 0 amide bonds. The van der Waals surface area contributed by atoms with Crippen molar-refractivity contribution in [2.75, 3.05) is 31.8 Å². The van der Waals surface area contributed by atoms with Crippen LogP contribution in [-0.4, -0.2) is 48.7 Å². The normalized spacial score (nSPS) is 25.3. The first kappa shape index (κ1) is 18.5. The van der Waals surface area contributed by atoms with Crippen LogP contribution in [0.5, 0.6) is 11.5 Å². The van der Waals surface area contributed by atoms with Gasteiger partial charge < -0.3 is 14.2 Å². The second-order valence-electron chi connectivity index (χ2n) is 6.54. The van der Waals surface area contributed by atoms with E-state index in [9.17, 15) is 4.79 Å². The van der Waals surface area contributed by atoms with Crippen molar-refractivity contribution in [1.29, 1.82) is 0 Å². The number of carbonyl (C=O) groups excluding carboxylic acids is 1. The third-order valence-corrected chi connectivity index (χ3v) is 5.44. The summed E-state index contributed by atoms with van der Waals surface area (Å²) in [5, 5.41) is 0.899. The SMILES string of the molecule is CCCC1C(C(=O)OCC)C(c2ccc3c(c2)OCO3)CN1CCBr. The van der Waals surface area contributed by atoms with Crippen molar-refractivity contribution in [3.8, 4) is 11.5 Å². The van der Waals surface area contributed by atoms with Crippen molar-refractivity contribution in [2.45, 2.75) is 38.6 Å². The summed E-state index contributed by atoms with van der Waals surface area (Å²) in [6.07, 6.45) is 2.05. The van der Waals surface area contributed by atoms with Crippen molar-refractivity contribution in [2.24, 2.45) is 5.92 Å². The molecule has 0 aliphatic carbocycles. The Labute approximate surface area is 157 Å². The predicted molar refractivity (Wildman–Crippen MR) is 99.5 cm³/mol. The van der Waals surface area contributed by atoms with Crippen LogP contribution in [0.25, 0.3) is 0 Å². The summed E-state index contributed by atoms with van der Waals surface area (Å²) in [5.41, 5.74) is 1.13. The monoisotopic (exact) mass is 411 g/mol. The zero-order valence-corrected chi connectivity index (χ0v) is 16.5. The van der Waals surface area contributed by atoms with Gasteiger partial charge in [-0.3, -0.25) is 9.69 Å². The minimum absolute atomic E-state index is 0.0827. The summed E-state index contributed by atoms with van der Waals surface area (Å²) >= 11 is 3.55. The summed E-state index contributed by atoms with van der Waals surface area (Å²) in [6, 6.07) is 6.25. The Morgan fingerprint density at radius 1 is 1.32 bits per heavy atom. The van der Waals surface area contributed by atoms with Gasteiger partial charge in [-0.25, -0.2) is 0 Å². The average molecular weight is 412 g/mol. The van der Waals surface area contributed by atoms with Gasteiger partial charge in [-0.05, 0) is 31.0 Å². The van der Waals surface area contributed by atoms with Crippen molar-refractivity contribution < 1.29 is 19.0 Å². The molecular formula is C19H26BrNO4. The number of halogens is 1. The third kappa shape index (κ3) is 3.80. The molecule has 3 rings (SSSR count). The lowest BCUT2D eigenvalue weighted by atomic mass is 9.83. The zero-order valence-electron chi connectivity index (χ0n) is 14.9. The molecule has 0 radical (unpaired) electrons. The summed E-state index contributed by atoms with van der Waals surface area (Å²) in [5.74, 6) is 1.44. The highest BCUT2D eigenvalue weighted by Gasteiger charge is 2.46. The van der Waals surface area contributed by atoms with Crippen LogP contribution in [0.3, 0.4) is 0 Å². The van der Waals surface area contributed by atoms with Crippen LogP contribution in [0.2, 0.25) is 0 Å². The van der Waals surface area contributed by atoms with E-state index in [4.69, 9.17) is 14.2 Å². The van der Waals surface area contributed by atoms with E-state index >= 15 is 0 Å². The summed E-state index contributed by atoms with van der Waals surface area (Å²) in [7, 11) is 0. The van der Waals surface area contributed by atoms with Crippen molar-refractivity contribution in [3.05, 3.63) is 23.8 Å². The van der Waals surface area contributed by atoms with E-state index in [1.54, 1.807) is 0 Å². The lowest BCUT2D eigenvalue weighted by molar-refractivity contribution is -0.149. The molecule has 1 aromatic rings. The number of nitrogens with zero attached hydrogens (tertiary/aromatic N) is 1.